The van der Waals surface area contributed by atoms with E-state index in [-0.39, 0.29) is 12.0 Å². The van der Waals surface area contributed by atoms with Crippen LogP contribution in [-0.4, -0.2) is 33.0 Å². The zero-order valence-corrected chi connectivity index (χ0v) is 10.8. The molecule has 1 aromatic heterocycles. The van der Waals surface area contributed by atoms with Crippen molar-refractivity contribution in [2.24, 2.45) is 0 Å². The summed E-state index contributed by atoms with van der Waals surface area (Å²) in [6.45, 7) is 7.53. The molecule has 0 saturated carbocycles. The normalized spacial score (nSPS) is 12.0. The molecule has 4 nitrogen and oxygen atoms in total. The second kappa shape index (κ2) is 5.41. The van der Waals surface area contributed by atoms with Crippen LogP contribution in [0.1, 0.15) is 32.2 Å². The van der Waals surface area contributed by atoms with Crippen molar-refractivity contribution < 1.29 is 9.90 Å². The summed E-state index contributed by atoms with van der Waals surface area (Å²) >= 11 is 1.60. The predicted molar refractivity (Wildman–Crippen MR) is 64.5 cm³/mol. The van der Waals surface area contributed by atoms with Crippen LogP contribution >= 0.6 is 11.3 Å². The summed E-state index contributed by atoms with van der Waals surface area (Å²) in [6, 6.07) is 0. The highest BCUT2D eigenvalue weighted by atomic mass is 32.1. The average Bonchev–Trinajstić information content (AvgIpc) is 2.62. The third-order valence-electron chi connectivity index (χ3n) is 2.35. The van der Waals surface area contributed by atoms with Crippen LogP contribution in [0.15, 0.2) is 11.6 Å². The lowest BCUT2D eigenvalue weighted by Crippen LogP contribution is -2.41. The fourth-order valence-corrected chi connectivity index (χ4v) is 2.01. The third kappa shape index (κ3) is 4.28. The van der Waals surface area contributed by atoms with Crippen molar-refractivity contribution in [3.63, 3.8) is 0 Å². The van der Waals surface area contributed by atoms with Crippen molar-refractivity contribution in [2.75, 3.05) is 6.54 Å². The molecule has 0 bridgehead atoms. The van der Waals surface area contributed by atoms with Gasteiger partial charge in [-0.05, 0) is 20.8 Å². The minimum absolute atomic E-state index is 0.0406. The molecule has 0 saturated heterocycles. The molecule has 0 unspecified atom stereocenters. The molecule has 90 valence electrons. The number of hydrogen-bond donors (Lipinski definition) is 1. The molecule has 1 rings (SSSR count). The van der Waals surface area contributed by atoms with Gasteiger partial charge in [0, 0.05) is 23.7 Å². The van der Waals surface area contributed by atoms with E-state index in [2.05, 4.69) is 30.7 Å². The van der Waals surface area contributed by atoms with E-state index in [1.54, 1.807) is 17.5 Å². The molecule has 16 heavy (non-hydrogen) atoms. The number of carbonyl (C=O) groups is 1. The smallest absolute Gasteiger partial charge is 0.304 e. The van der Waals surface area contributed by atoms with Gasteiger partial charge >= 0.3 is 5.97 Å². The molecule has 0 aliphatic carbocycles. The van der Waals surface area contributed by atoms with E-state index < -0.39 is 5.97 Å². The van der Waals surface area contributed by atoms with Gasteiger partial charge in [0.2, 0.25) is 0 Å². The first-order chi connectivity index (χ1) is 7.39. The number of thiazole rings is 1. The van der Waals surface area contributed by atoms with Gasteiger partial charge in [-0.2, -0.15) is 0 Å². The molecule has 0 spiro atoms. The zero-order valence-electron chi connectivity index (χ0n) is 9.93. The first kappa shape index (κ1) is 13.1. The van der Waals surface area contributed by atoms with E-state index in [4.69, 9.17) is 5.11 Å². The molecular formula is C11H18N2O2S. The van der Waals surface area contributed by atoms with Gasteiger partial charge in [-0.15, -0.1) is 11.3 Å². The van der Waals surface area contributed by atoms with Gasteiger partial charge in [0.05, 0.1) is 13.0 Å². The van der Waals surface area contributed by atoms with Crippen LogP contribution in [0.25, 0.3) is 0 Å². The summed E-state index contributed by atoms with van der Waals surface area (Å²) in [5, 5.41) is 11.7. The van der Waals surface area contributed by atoms with Crippen molar-refractivity contribution in [2.45, 2.75) is 39.3 Å². The Kier molecular flexibility index (Phi) is 4.44. The van der Waals surface area contributed by atoms with Crippen LogP contribution in [0, 0.1) is 0 Å². The van der Waals surface area contributed by atoms with Crippen molar-refractivity contribution in [1.29, 1.82) is 0 Å². The molecule has 0 aliphatic heterocycles. The molecule has 0 amide bonds. The Labute approximate surface area is 99.9 Å². The Bertz CT molecular complexity index is 330. The lowest BCUT2D eigenvalue weighted by molar-refractivity contribution is -0.137. The Morgan fingerprint density at radius 3 is 2.69 bits per heavy atom. The van der Waals surface area contributed by atoms with Gasteiger partial charge in [0.15, 0.2) is 0 Å². The van der Waals surface area contributed by atoms with E-state index in [0.29, 0.717) is 13.1 Å². The van der Waals surface area contributed by atoms with Crippen molar-refractivity contribution in [3.05, 3.63) is 16.6 Å². The minimum Gasteiger partial charge on any atom is -0.481 e. The Balaban J connectivity index is 2.61. The van der Waals surface area contributed by atoms with Crippen LogP contribution in [0.4, 0.5) is 0 Å². The quantitative estimate of drug-likeness (QED) is 0.860. The van der Waals surface area contributed by atoms with Gasteiger partial charge in [-0.1, -0.05) is 0 Å². The highest BCUT2D eigenvalue weighted by molar-refractivity contribution is 7.09. The fourth-order valence-electron chi connectivity index (χ4n) is 1.38. The van der Waals surface area contributed by atoms with E-state index in [1.165, 1.54) is 0 Å². The van der Waals surface area contributed by atoms with E-state index in [1.807, 2.05) is 5.38 Å². The molecule has 1 heterocycles. The summed E-state index contributed by atoms with van der Waals surface area (Å²) in [5.41, 5.74) is -0.0406. The molecule has 1 N–H and O–H groups in total. The summed E-state index contributed by atoms with van der Waals surface area (Å²) in [7, 11) is 0. The Hall–Kier alpha value is -0.940. The Morgan fingerprint density at radius 1 is 1.56 bits per heavy atom. The van der Waals surface area contributed by atoms with Gasteiger partial charge in [0.25, 0.3) is 0 Å². The lowest BCUT2D eigenvalue weighted by Gasteiger charge is -2.34. The van der Waals surface area contributed by atoms with Crippen LogP contribution in [0.5, 0.6) is 0 Å². The zero-order chi connectivity index (χ0) is 12.2. The number of nitrogens with zero attached hydrogens (tertiary/aromatic N) is 2. The second-order valence-corrected chi connectivity index (χ2v) is 5.64. The van der Waals surface area contributed by atoms with E-state index in [9.17, 15) is 4.79 Å². The number of rotatable bonds is 5. The summed E-state index contributed by atoms with van der Waals surface area (Å²) < 4.78 is 0. The first-order valence-corrected chi connectivity index (χ1v) is 6.13. The predicted octanol–water partition coefficient (Wildman–Crippen LogP) is 2.22. The molecule has 5 heteroatoms. The van der Waals surface area contributed by atoms with Crippen LogP contribution < -0.4 is 0 Å². The number of aromatic nitrogens is 1. The summed E-state index contributed by atoms with van der Waals surface area (Å²) in [6.07, 6.45) is 1.95. The number of carboxylic acid groups (broad SMARTS) is 1. The topological polar surface area (TPSA) is 53.4 Å². The highest BCUT2D eigenvalue weighted by Gasteiger charge is 2.22. The molecule has 1 aromatic rings. The molecule has 0 fully saturated rings. The number of aliphatic carboxylic acids is 1. The SMILES string of the molecule is CC(C)(C)N(CCC(=O)O)Cc1nccs1. The first-order valence-electron chi connectivity index (χ1n) is 5.25. The lowest BCUT2D eigenvalue weighted by atomic mass is 10.1. The number of hydrogen-bond acceptors (Lipinski definition) is 4. The summed E-state index contributed by atoms with van der Waals surface area (Å²) in [4.78, 5) is 17.0. The van der Waals surface area contributed by atoms with Crippen LogP contribution in [-0.2, 0) is 11.3 Å². The molecule has 0 aliphatic rings. The molecule has 0 radical (unpaired) electrons. The minimum atomic E-state index is -0.756. The monoisotopic (exact) mass is 242 g/mol. The van der Waals surface area contributed by atoms with Crippen LogP contribution in [0.2, 0.25) is 0 Å². The van der Waals surface area contributed by atoms with Gasteiger partial charge in [-0.3, -0.25) is 9.69 Å². The molecule has 0 atom stereocenters. The van der Waals surface area contributed by atoms with E-state index in [0.717, 1.165) is 5.01 Å². The highest BCUT2D eigenvalue weighted by Crippen LogP contribution is 2.18. The largest absolute Gasteiger partial charge is 0.481 e. The standard InChI is InChI=1S/C11H18N2O2S/c1-11(2,3)13(6-4-10(14)15)8-9-12-5-7-16-9/h5,7H,4,6,8H2,1-3H3,(H,14,15). The van der Waals surface area contributed by atoms with Gasteiger partial charge in [0.1, 0.15) is 5.01 Å². The Morgan fingerprint density at radius 2 is 2.25 bits per heavy atom. The summed E-state index contributed by atoms with van der Waals surface area (Å²) in [5.74, 6) is -0.756. The molecular weight excluding hydrogens is 224 g/mol. The van der Waals surface area contributed by atoms with Crippen molar-refractivity contribution in [1.82, 2.24) is 9.88 Å². The fraction of sp³-hybridized carbons (Fsp3) is 0.636. The molecule has 0 aromatic carbocycles. The third-order valence-corrected chi connectivity index (χ3v) is 3.12. The maximum absolute atomic E-state index is 10.6. The van der Waals surface area contributed by atoms with Gasteiger partial charge in [-0.25, -0.2) is 4.98 Å². The second-order valence-electron chi connectivity index (χ2n) is 4.66. The van der Waals surface area contributed by atoms with E-state index >= 15 is 0 Å². The maximum Gasteiger partial charge on any atom is 0.304 e. The number of carboxylic acids is 1. The van der Waals surface area contributed by atoms with Crippen LogP contribution in [0.3, 0.4) is 0 Å². The van der Waals surface area contributed by atoms with Gasteiger partial charge < -0.3 is 5.11 Å². The average molecular weight is 242 g/mol. The maximum atomic E-state index is 10.6. The van der Waals surface area contributed by atoms with Crippen molar-refractivity contribution >= 4 is 17.3 Å². The van der Waals surface area contributed by atoms with Crippen molar-refractivity contribution in [3.8, 4) is 0 Å².